The van der Waals surface area contributed by atoms with Crippen LogP contribution >= 0.6 is 0 Å². The second-order valence-corrected chi connectivity index (χ2v) is 9.41. The fourth-order valence-corrected chi connectivity index (χ4v) is 4.94. The van der Waals surface area contributed by atoms with E-state index in [0.29, 0.717) is 38.1 Å². The molecule has 0 spiro atoms. The molecule has 9 heteroatoms. The van der Waals surface area contributed by atoms with E-state index in [9.17, 15) is 8.42 Å². The predicted molar refractivity (Wildman–Crippen MR) is 108 cm³/mol. The van der Waals surface area contributed by atoms with Crippen molar-refractivity contribution in [1.82, 2.24) is 14.2 Å². The molecule has 2 aliphatic heterocycles. The normalized spacial score (nSPS) is 22.9. The van der Waals surface area contributed by atoms with E-state index in [1.165, 1.54) is 6.42 Å². The summed E-state index contributed by atoms with van der Waals surface area (Å²) in [5.74, 6) is 1.96. The van der Waals surface area contributed by atoms with E-state index in [2.05, 4.69) is 26.7 Å². The molecule has 0 aliphatic carbocycles. The van der Waals surface area contributed by atoms with Crippen molar-refractivity contribution in [3.05, 3.63) is 24.4 Å². The third kappa shape index (κ3) is 5.32. The van der Waals surface area contributed by atoms with E-state index in [-0.39, 0.29) is 12.3 Å². The van der Waals surface area contributed by atoms with Crippen molar-refractivity contribution in [1.29, 1.82) is 0 Å². The number of hydrogen-bond acceptors (Lipinski definition) is 5. The number of nitrogens with zero attached hydrogens (tertiary/aromatic N) is 5. The van der Waals surface area contributed by atoms with Gasteiger partial charge in [-0.2, -0.15) is 4.31 Å². The topological polar surface area (TPSA) is 95.1 Å². The van der Waals surface area contributed by atoms with E-state index >= 15 is 0 Å². The van der Waals surface area contributed by atoms with E-state index in [1.54, 1.807) is 10.5 Å². The van der Waals surface area contributed by atoms with Gasteiger partial charge in [0.05, 0.1) is 12.3 Å². The maximum atomic E-state index is 12.6. The maximum Gasteiger partial charge on any atom is 0.216 e. The summed E-state index contributed by atoms with van der Waals surface area (Å²) in [6, 6.07) is 5.76. The van der Waals surface area contributed by atoms with Crippen LogP contribution in [-0.4, -0.2) is 80.1 Å². The van der Waals surface area contributed by atoms with Crippen molar-refractivity contribution in [2.75, 3.05) is 56.5 Å². The lowest BCUT2D eigenvalue weighted by Gasteiger charge is -2.34. The molecule has 2 saturated heterocycles. The highest BCUT2D eigenvalue weighted by Gasteiger charge is 2.27. The highest BCUT2D eigenvalue weighted by Crippen LogP contribution is 2.16. The number of hydrogen-bond donors (Lipinski definition) is 1. The number of aliphatic imine (C=N–C) groups is 1. The molecule has 2 fully saturated rings. The van der Waals surface area contributed by atoms with Crippen molar-refractivity contribution >= 4 is 21.8 Å². The number of piperidine rings is 1. The minimum Gasteiger partial charge on any atom is -0.370 e. The van der Waals surface area contributed by atoms with E-state index in [0.717, 1.165) is 25.3 Å². The summed E-state index contributed by atoms with van der Waals surface area (Å²) in [7, 11) is -3.32. The molecule has 0 saturated carbocycles. The zero-order valence-corrected chi connectivity index (χ0v) is 16.8. The van der Waals surface area contributed by atoms with Gasteiger partial charge in [-0.3, -0.25) is 4.99 Å². The number of anilines is 1. The van der Waals surface area contributed by atoms with Gasteiger partial charge in [0.2, 0.25) is 10.0 Å². The molecule has 3 rings (SSSR count). The second kappa shape index (κ2) is 8.88. The van der Waals surface area contributed by atoms with Gasteiger partial charge in [0.25, 0.3) is 0 Å². The Kier molecular flexibility index (Phi) is 6.54. The molecule has 3 heterocycles. The number of nitrogens with two attached hydrogens (primary N) is 1. The SMILES string of the molecule is CC1CCCN(C(N)=NCCS(=O)(=O)N2CCN(c3ccccn3)CC2)C1. The molecule has 2 aliphatic rings. The van der Waals surface area contributed by atoms with Crippen LogP contribution in [-0.2, 0) is 10.0 Å². The van der Waals surface area contributed by atoms with Crippen LogP contribution < -0.4 is 10.6 Å². The molecular weight excluding hydrogens is 364 g/mol. The molecule has 1 atom stereocenters. The lowest BCUT2D eigenvalue weighted by molar-refractivity contribution is 0.270. The third-order valence-electron chi connectivity index (χ3n) is 5.21. The summed E-state index contributed by atoms with van der Waals surface area (Å²) in [5.41, 5.74) is 6.05. The molecule has 150 valence electrons. The van der Waals surface area contributed by atoms with Gasteiger partial charge in [0, 0.05) is 45.5 Å². The molecule has 27 heavy (non-hydrogen) atoms. The molecule has 0 bridgehead atoms. The van der Waals surface area contributed by atoms with Gasteiger partial charge in [-0.15, -0.1) is 0 Å². The quantitative estimate of drug-likeness (QED) is 0.580. The molecule has 1 aromatic rings. The standard InChI is InChI=1S/C18H30N6O2S/c1-16-5-4-9-23(15-16)18(19)21-8-14-27(25,26)24-12-10-22(11-13-24)17-6-2-3-7-20-17/h2-3,6-7,16H,4-5,8-15H2,1H3,(H2,19,21). The predicted octanol–water partition coefficient (Wildman–Crippen LogP) is 0.580. The Bertz CT molecular complexity index is 731. The number of pyridine rings is 1. The Labute approximate surface area is 162 Å². The average molecular weight is 395 g/mol. The van der Waals surface area contributed by atoms with Crippen molar-refractivity contribution < 1.29 is 8.42 Å². The number of aromatic nitrogens is 1. The summed E-state index contributed by atoms with van der Waals surface area (Å²) in [6.45, 7) is 6.46. The van der Waals surface area contributed by atoms with Crippen LogP contribution in [0.5, 0.6) is 0 Å². The van der Waals surface area contributed by atoms with Gasteiger partial charge >= 0.3 is 0 Å². The lowest BCUT2D eigenvalue weighted by Crippen LogP contribution is -2.49. The first-order chi connectivity index (χ1) is 13.0. The van der Waals surface area contributed by atoms with Gasteiger partial charge < -0.3 is 15.5 Å². The minimum absolute atomic E-state index is 0.000675. The van der Waals surface area contributed by atoms with Crippen LogP contribution in [0.15, 0.2) is 29.4 Å². The van der Waals surface area contributed by atoms with E-state index in [1.807, 2.05) is 18.2 Å². The van der Waals surface area contributed by atoms with Crippen LogP contribution in [0.1, 0.15) is 19.8 Å². The molecule has 0 amide bonds. The zero-order valence-electron chi connectivity index (χ0n) is 16.0. The molecule has 1 aromatic heterocycles. The summed E-state index contributed by atoms with van der Waals surface area (Å²) in [6.07, 6.45) is 4.07. The first kappa shape index (κ1) is 19.9. The van der Waals surface area contributed by atoms with Gasteiger partial charge in [0.15, 0.2) is 5.96 Å². The second-order valence-electron chi connectivity index (χ2n) is 7.32. The Balaban J connectivity index is 1.48. The van der Waals surface area contributed by atoms with Gasteiger partial charge in [0.1, 0.15) is 5.82 Å². The Hall–Kier alpha value is -1.87. The lowest BCUT2D eigenvalue weighted by atomic mass is 10.0. The van der Waals surface area contributed by atoms with Crippen LogP contribution in [0.2, 0.25) is 0 Å². The Morgan fingerprint density at radius 1 is 1.26 bits per heavy atom. The summed E-state index contributed by atoms with van der Waals surface area (Å²) in [5, 5.41) is 0. The van der Waals surface area contributed by atoms with E-state index < -0.39 is 10.0 Å². The monoisotopic (exact) mass is 394 g/mol. The first-order valence-electron chi connectivity index (χ1n) is 9.64. The number of sulfonamides is 1. The number of guanidine groups is 1. The van der Waals surface area contributed by atoms with Crippen molar-refractivity contribution in [3.8, 4) is 0 Å². The summed E-state index contributed by atoms with van der Waals surface area (Å²) < 4.78 is 26.8. The van der Waals surface area contributed by atoms with Crippen LogP contribution in [0.4, 0.5) is 5.82 Å². The largest absolute Gasteiger partial charge is 0.370 e. The van der Waals surface area contributed by atoms with Gasteiger partial charge in [-0.1, -0.05) is 13.0 Å². The molecule has 2 N–H and O–H groups in total. The molecule has 0 aromatic carbocycles. The summed E-state index contributed by atoms with van der Waals surface area (Å²) >= 11 is 0. The molecule has 0 radical (unpaired) electrons. The zero-order chi connectivity index (χ0) is 19.3. The molecule has 1 unspecified atom stereocenters. The van der Waals surface area contributed by atoms with Crippen LogP contribution in [0.3, 0.4) is 0 Å². The summed E-state index contributed by atoms with van der Waals surface area (Å²) in [4.78, 5) is 12.8. The fraction of sp³-hybridized carbons (Fsp3) is 0.667. The van der Waals surface area contributed by atoms with Crippen LogP contribution in [0, 0.1) is 5.92 Å². The maximum absolute atomic E-state index is 12.6. The highest BCUT2D eigenvalue weighted by atomic mass is 32.2. The van der Waals surface area contributed by atoms with Crippen molar-refractivity contribution in [2.24, 2.45) is 16.6 Å². The smallest absolute Gasteiger partial charge is 0.216 e. The van der Waals surface area contributed by atoms with Crippen molar-refractivity contribution in [3.63, 3.8) is 0 Å². The highest BCUT2D eigenvalue weighted by molar-refractivity contribution is 7.89. The molecular formula is C18H30N6O2S. The van der Waals surface area contributed by atoms with Crippen molar-refractivity contribution in [2.45, 2.75) is 19.8 Å². The average Bonchev–Trinajstić information content (AvgIpc) is 2.68. The minimum atomic E-state index is -3.32. The Morgan fingerprint density at radius 2 is 2.04 bits per heavy atom. The third-order valence-corrected chi connectivity index (χ3v) is 7.06. The number of piperazine rings is 1. The van der Waals surface area contributed by atoms with Gasteiger partial charge in [-0.05, 0) is 30.9 Å². The van der Waals surface area contributed by atoms with E-state index in [4.69, 9.17) is 5.73 Å². The number of likely N-dealkylation sites (tertiary alicyclic amines) is 1. The molecule has 8 nitrogen and oxygen atoms in total. The Morgan fingerprint density at radius 3 is 2.70 bits per heavy atom. The van der Waals surface area contributed by atoms with Gasteiger partial charge in [-0.25, -0.2) is 13.4 Å². The number of rotatable bonds is 5. The first-order valence-corrected chi connectivity index (χ1v) is 11.3. The fourth-order valence-electron chi connectivity index (χ4n) is 3.64. The van der Waals surface area contributed by atoms with Crippen LogP contribution in [0.25, 0.3) is 0 Å².